The number of amides is 1. The highest BCUT2D eigenvalue weighted by atomic mass is 16.2. The molecule has 2 rings (SSSR count). The maximum Gasteiger partial charge on any atom is 0.274 e. The molecule has 1 aliphatic rings. The summed E-state index contributed by atoms with van der Waals surface area (Å²) >= 11 is 0. The summed E-state index contributed by atoms with van der Waals surface area (Å²) in [6.07, 6.45) is 3.37. The Morgan fingerprint density at radius 1 is 1.75 bits per heavy atom. The molecule has 1 aliphatic heterocycles. The molecule has 1 atom stereocenters. The predicted molar refractivity (Wildman–Crippen MR) is 60.0 cm³/mol. The first kappa shape index (κ1) is 11.1. The molecule has 1 amide bonds. The Balaban J connectivity index is 2.13. The van der Waals surface area contributed by atoms with E-state index in [0.717, 1.165) is 13.1 Å². The summed E-state index contributed by atoms with van der Waals surface area (Å²) in [5, 5.41) is 3.23. The van der Waals surface area contributed by atoms with Gasteiger partial charge in [-0.15, -0.1) is 0 Å². The number of nitrogens with two attached hydrogens (primary N) is 1. The van der Waals surface area contributed by atoms with Crippen molar-refractivity contribution in [2.45, 2.75) is 6.04 Å². The molecule has 1 saturated heterocycles. The second-order valence-electron chi connectivity index (χ2n) is 4.02. The number of nitrogens with zero attached hydrogens (tertiary/aromatic N) is 3. The largest absolute Gasteiger partial charge is 0.340 e. The van der Waals surface area contributed by atoms with Gasteiger partial charge in [-0.1, -0.05) is 0 Å². The molecule has 3 N–H and O–H groups in total. The van der Waals surface area contributed by atoms with Crippen LogP contribution in [0.3, 0.4) is 0 Å². The summed E-state index contributed by atoms with van der Waals surface area (Å²) in [7, 11) is 1.85. The molecule has 88 valence electrons. The number of carbonyl (C=O) groups is 1. The van der Waals surface area contributed by atoms with E-state index in [2.05, 4.69) is 10.3 Å². The van der Waals surface area contributed by atoms with E-state index in [1.165, 1.54) is 0 Å². The van der Waals surface area contributed by atoms with E-state index in [1.54, 1.807) is 22.0 Å². The number of nitrogens with one attached hydrogen (secondary N) is 1. The van der Waals surface area contributed by atoms with Crippen molar-refractivity contribution in [3.05, 3.63) is 18.2 Å². The van der Waals surface area contributed by atoms with Crippen molar-refractivity contribution >= 4 is 5.91 Å². The van der Waals surface area contributed by atoms with Gasteiger partial charge in [0.05, 0.1) is 12.4 Å². The molecular formula is C10H17N5O. The number of imidazole rings is 1. The molecule has 0 aromatic carbocycles. The van der Waals surface area contributed by atoms with Crippen molar-refractivity contribution in [2.75, 3.05) is 26.2 Å². The second-order valence-corrected chi connectivity index (χ2v) is 4.02. The topological polar surface area (TPSA) is 76.2 Å². The third-order valence-electron chi connectivity index (χ3n) is 2.81. The van der Waals surface area contributed by atoms with Gasteiger partial charge in [-0.3, -0.25) is 4.79 Å². The average Bonchev–Trinajstić information content (AvgIpc) is 2.75. The molecule has 2 heterocycles. The monoisotopic (exact) mass is 223 g/mol. The Morgan fingerprint density at radius 2 is 2.56 bits per heavy atom. The molecule has 0 saturated carbocycles. The predicted octanol–water partition coefficient (Wildman–Crippen LogP) is -1.21. The van der Waals surface area contributed by atoms with Crippen LogP contribution in [-0.4, -0.2) is 52.6 Å². The number of rotatable bonds is 2. The molecule has 1 fully saturated rings. The molecule has 0 bridgehead atoms. The van der Waals surface area contributed by atoms with Crippen molar-refractivity contribution < 1.29 is 4.79 Å². The van der Waals surface area contributed by atoms with Crippen LogP contribution in [0.2, 0.25) is 0 Å². The highest BCUT2D eigenvalue weighted by Gasteiger charge is 2.27. The number of hydrogen-bond acceptors (Lipinski definition) is 4. The highest BCUT2D eigenvalue weighted by molar-refractivity contribution is 5.92. The zero-order valence-electron chi connectivity index (χ0n) is 9.39. The maximum atomic E-state index is 12.1. The van der Waals surface area contributed by atoms with E-state index in [-0.39, 0.29) is 11.9 Å². The fourth-order valence-electron chi connectivity index (χ4n) is 1.91. The van der Waals surface area contributed by atoms with Crippen LogP contribution >= 0.6 is 0 Å². The number of hydrogen-bond donors (Lipinski definition) is 2. The van der Waals surface area contributed by atoms with Crippen LogP contribution in [0.1, 0.15) is 10.5 Å². The summed E-state index contributed by atoms with van der Waals surface area (Å²) in [5.74, 6) is -0.0300. The van der Waals surface area contributed by atoms with Gasteiger partial charge in [0.15, 0.2) is 0 Å². The molecule has 0 radical (unpaired) electrons. The molecule has 6 heteroatoms. The first-order valence-corrected chi connectivity index (χ1v) is 5.42. The molecule has 16 heavy (non-hydrogen) atoms. The first-order chi connectivity index (χ1) is 7.72. The van der Waals surface area contributed by atoms with E-state index in [0.29, 0.717) is 18.8 Å². The van der Waals surface area contributed by atoms with E-state index in [9.17, 15) is 4.79 Å². The number of aromatic nitrogens is 2. The van der Waals surface area contributed by atoms with Crippen molar-refractivity contribution in [1.29, 1.82) is 0 Å². The Kier molecular flexibility index (Phi) is 3.21. The van der Waals surface area contributed by atoms with Gasteiger partial charge in [-0.25, -0.2) is 4.98 Å². The SMILES string of the molecule is Cn1cnc(C(=O)N2CCNCC2CN)c1. The lowest BCUT2D eigenvalue weighted by Crippen LogP contribution is -2.56. The minimum atomic E-state index is -0.0300. The van der Waals surface area contributed by atoms with Gasteiger partial charge in [-0.05, 0) is 0 Å². The van der Waals surface area contributed by atoms with Gasteiger partial charge >= 0.3 is 0 Å². The van der Waals surface area contributed by atoms with Crippen LogP contribution in [0.25, 0.3) is 0 Å². The van der Waals surface area contributed by atoms with Gasteiger partial charge in [-0.2, -0.15) is 0 Å². The van der Waals surface area contributed by atoms with Crippen LogP contribution in [0.15, 0.2) is 12.5 Å². The van der Waals surface area contributed by atoms with Gasteiger partial charge in [0.25, 0.3) is 5.91 Å². The Morgan fingerprint density at radius 3 is 3.19 bits per heavy atom. The van der Waals surface area contributed by atoms with E-state index in [4.69, 9.17) is 5.73 Å². The normalized spacial score (nSPS) is 21.1. The molecule has 0 aliphatic carbocycles. The third kappa shape index (κ3) is 2.07. The zero-order chi connectivity index (χ0) is 11.5. The van der Waals surface area contributed by atoms with E-state index < -0.39 is 0 Å². The van der Waals surface area contributed by atoms with Gasteiger partial charge in [0, 0.05) is 39.4 Å². The lowest BCUT2D eigenvalue weighted by atomic mass is 10.2. The summed E-state index contributed by atoms with van der Waals surface area (Å²) in [4.78, 5) is 18.0. The van der Waals surface area contributed by atoms with E-state index in [1.807, 2.05) is 7.05 Å². The Hall–Kier alpha value is -1.40. The number of piperazine rings is 1. The number of carbonyl (C=O) groups excluding carboxylic acids is 1. The van der Waals surface area contributed by atoms with Crippen LogP contribution in [0.4, 0.5) is 0 Å². The standard InChI is InChI=1S/C10H17N5O/c1-14-6-9(13-7-14)10(16)15-3-2-12-5-8(15)4-11/h6-8,12H,2-5,11H2,1H3. The van der Waals surface area contributed by atoms with Crippen LogP contribution in [0.5, 0.6) is 0 Å². The Bertz CT molecular complexity index is 375. The van der Waals surface area contributed by atoms with Crippen LogP contribution in [0, 0.1) is 0 Å². The molecule has 0 spiro atoms. The van der Waals surface area contributed by atoms with Crippen molar-refractivity contribution in [3.8, 4) is 0 Å². The van der Waals surface area contributed by atoms with Crippen molar-refractivity contribution in [2.24, 2.45) is 12.8 Å². The van der Waals surface area contributed by atoms with Crippen LogP contribution in [-0.2, 0) is 7.05 Å². The third-order valence-corrected chi connectivity index (χ3v) is 2.81. The second kappa shape index (κ2) is 4.63. The summed E-state index contributed by atoms with van der Waals surface area (Å²) < 4.78 is 1.77. The summed E-state index contributed by atoms with van der Waals surface area (Å²) in [6.45, 7) is 2.74. The number of aryl methyl sites for hydroxylation is 1. The van der Waals surface area contributed by atoms with Crippen LogP contribution < -0.4 is 11.1 Å². The van der Waals surface area contributed by atoms with Crippen molar-refractivity contribution in [3.63, 3.8) is 0 Å². The first-order valence-electron chi connectivity index (χ1n) is 5.42. The van der Waals surface area contributed by atoms with E-state index >= 15 is 0 Å². The maximum absolute atomic E-state index is 12.1. The quantitative estimate of drug-likeness (QED) is 0.660. The molecular weight excluding hydrogens is 206 g/mol. The lowest BCUT2D eigenvalue weighted by molar-refractivity contribution is 0.0639. The lowest BCUT2D eigenvalue weighted by Gasteiger charge is -2.35. The Labute approximate surface area is 94.4 Å². The smallest absolute Gasteiger partial charge is 0.274 e. The minimum absolute atomic E-state index is 0.0300. The molecule has 6 nitrogen and oxygen atoms in total. The molecule has 1 aromatic rings. The summed E-state index contributed by atoms with van der Waals surface area (Å²) in [6, 6.07) is 0.0725. The average molecular weight is 223 g/mol. The van der Waals surface area contributed by atoms with Crippen molar-refractivity contribution in [1.82, 2.24) is 19.8 Å². The molecule has 1 unspecified atom stereocenters. The zero-order valence-corrected chi connectivity index (χ0v) is 9.39. The molecule has 1 aromatic heterocycles. The van der Waals surface area contributed by atoms with Gasteiger partial charge in [0.2, 0.25) is 0 Å². The van der Waals surface area contributed by atoms with Gasteiger partial charge < -0.3 is 20.5 Å². The fraction of sp³-hybridized carbons (Fsp3) is 0.600. The highest BCUT2D eigenvalue weighted by Crippen LogP contribution is 2.08. The fourth-order valence-corrected chi connectivity index (χ4v) is 1.91. The minimum Gasteiger partial charge on any atom is -0.340 e. The summed E-state index contributed by atoms with van der Waals surface area (Å²) in [5.41, 5.74) is 6.14. The van der Waals surface area contributed by atoms with Gasteiger partial charge in [0.1, 0.15) is 5.69 Å².